The molecule has 1 aromatic heterocycles. The van der Waals surface area contributed by atoms with Crippen molar-refractivity contribution in [3.63, 3.8) is 0 Å². The summed E-state index contributed by atoms with van der Waals surface area (Å²) < 4.78 is 14.5. The maximum Gasteiger partial charge on any atom is 0.155 e. The predicted molar refractivity (Wildman–Crippen MR) is 98.4 cm³/mol. The summed E-state index contributed by atoms with van der Waals surface area (Å²) in [6.07, 6.45) is 2.59. The predicted octanol–water partition coefficient (Wildman–Crippen LogP) is 4.41. The van der Waals surface area contributed by atoms with E-state index in [-0.39, 0.29) is 5.82 Å². The Morgan fingerprint density at radius 3 is 2.48 bits per heavy atom. The maximum absolute atomic E-state index is 14.5. The molecule has 0 aliphatic heterocycles. The van der Waals surface area contributed by atoms with Crippen LogP contribution in [0.25, 0.3) is 22.5 Å². The Morgan fingerprint density at radius 1 is 1.08 bits per heavy atom. The standard InChI is InChI=1S/C20H23FN4/c1-14(2)9-10-22-12-15-3-8-18(19(21)11-15)16-4-6-17(7-5-16)20-23-13-24-25-20/h3-8,11,13-14,22H,9-10,12H2,1-2H3,(H,23,24,25). The van der Waals surface area contributed by atoms with Crippen LogP contribution in [0.3, 0.4) is 0 Å². The lowest BCUT2D eigenvalue weighted by Gasteiger charge is -2.09. The molecular formula is C20H23FN4. The Labute approximate surface area is 147 Å². The fourth-order valence-electron chi connectivity index (χ4n) is 2.68. The van der Waals surface area contributed by atoms with Gasteiger partial charge >= 0.3 is 0 Å². The molecular weight excluding hydrogens is 315 g/mol. The van der Waals surface area contributed by atoms with Crippen LogP contribution < -0.4 is 5.32 Å². The molecule has 0 bridgehead atoms. The first kappa shape index (κ1) is 17.3. The van der Waals surface area contributed by atoms with Crippen molar-refractivity contribution in [3.05, 3.63) is 60.2 Å². The molecule has 130 valence electrons. The van der Waals surface area contributed by atoms with Crippen molar-refractivity contribution in [1.29, 1.82) is 0 Å². The maximum atomic E-state index is 14.5. The number of nitrogens with one attached hydrogen (secondary N) is 2. The molecule has 3 aromatic rings. The molecule has 2 N–H and O–H groups in total. The minimum absolute atomic E-state index is 0.199. The van der Waals surface area contributed by atoms with E-state index in [1.165, 1.54) is 6.33 Å². The van der Waals surface area contributed by atoms with Gasteiger partial charge in [-0.2, -0.15) is 5.10 Å². The minimum Gasteiger partial charge on any atom is -0.313 e. The van der Waals surface area contributed by atoms with Crippen molar-refractivity contribution in [3.8, 4) is 22.5 Å². The summed E-state index contributed by atoms with van der Waals surface area (Å²) in [5.41, 5.74) is 3.34. The molecule has 0 saturated carbocycles. The number of benzene rings is 2. The largest absolute Gasteiger partial charge is 0.313 e. The van der Waals surface area contributed by atoms with Gasteiger partial charge in [0.05, 0.1) is 0 Å². The zero-order valence-electron chi connectivity index (χ0n) is 14.6. The van der Waals surface area contributed by atoms with Crippen LogP contribution in [-0.2, 0) is 6.54 Å². The molecule has 1 heterocycles. The first-order valence-electron chi connectivity index (χ1n) is 8.59. The lowest BCUT2D eigenvalue weighted by molar-refractivity contribution is 0.536. The number of H-pyrrole nitrogens is 1. The van der Waals surface area contributed by atoms with Gasteiger partial charge in [0.25, 0.3) is 0 Å². The second-order valence-corrected chi connectivity index (χ2v) is 6.58. The van der Waals surface area contributed by atoms with E-state index < -0.39 is 0 Å². The van der Waals surface area contributed by atoms with Gasteiger partial charge < -0.3 is 5.32 Å². The van der Waals surface area contributed by atoms with Crippen LogP contribution in [0, 0.1) is 11.7 Å². The Bertz CT molecular complexity index is 795. The fraction of sp³-hybridized carbons (Fsp3) is 0.300. The summed E-state index contributed by atoms with van der Waals surface area (Å²) in [6.45, 7) is 6.03. The zero-order chi connectivity index (χ0) is 17.6. The monoisotopic (exact) mass is 338 g/mol. The third-order valence-corrected chi connectivity index (χ3v) is 4.15. The molecule has 0 amide bonds. The van der Waals surface area contributed by atoms with Crippen LogP contribution in [0.4, 0.5) is 4.39 Å². The van der Waals surface area contributed by atoms with Crippen molar-refractivity contribution in [2.24, 2.45) is 5.92 Å². The highest BCUT2D eigenvalue weighted by molar-refractivity contribution is 5.68. The van der Waals surface area contributed by atoms with Gasteiger partial charge in [-0.3, -0.25) is 5.10 Å². The highest BCUT2D eigenvalue weighted by Crippen LogP contribution is 2.26. The van der Waals surface area contributed by atoms with Crippen molar-refractivity contribution >= 4 is 0 Å². The molecule has 0 atom stereocenters. The van der Waals surface area contributed by atoms with Gasteiger partial charge in [0.2, 0.25) is 0 Å². The summed E-state index contributed by atoms with van der Waals surface area (Å²) in [5.74, 6) is 1.18. The third kappa shape index (κ3) is 4.51. The summed E-state index contributed by atoms with van der Waals surface area (Å²) in [4.78, 5) is 4.12. The first-order valence-corrected chi connectivity index (χ1v) is 8.59. The van der Waals surface area contributed by atoms with Gasteiger partial charge in [-0.1, -0.05) is 50.2 Å². The van der Waals surface area contributed by atoms with Crippen LogP contribution in [0.15, 0.2) is 48.8 Å². The lowest BCUT2D eigenvalue weighted by Crippen LogP contribution is -2.16. The van der Waals surface area contributed by atoms with Gasteiger partial charge in [-0.25, -0.2) is 9.37 Å². The molecule has 3 rings (SSSR count). The Balaban J connectivity index is 1.68. The molecule has 0 radical (unpaired) electrons. The smallest absolute Gasteiger partial charge is 0.155 e. The quantitative estimate of drug-likeness (QED) is 0.627. The fourth-order valence-corrected chi connectivity index (χ4v) is 2.68. The molecule has 4 nitrogen and oxygen atoms in total. The van der Waals surface area contributed by atoms with E-state index in [4.69, 9.17) is 0 Å². The van der Waals surface area contributed by atoms with E-state index in [1.54, 1.807) is 6.07 Å². The van der Waals surface area contributed by atoms with Gasteiger partial charge in [-0.05, 0) is 36.1 Å². The Morgan fingerprint density at radius 2 is 1.84 bits per heavy atom. The molecule has 5 heteroatoms. The average Bonchev–Trinajstić information content (AvgIpc) is 3.14. The number of hydrogen-bond donors (Lipinski definition) is 2. The molecule has 0 aliphatic rings. The minimum atomic E-state index is -0.199. The normalized spacial score (nSPS) is 11.2. The number of nitrogens with zero attached hydrogens (tertiary/aromatic N) is 2. The molecule has 2 aromatic carbocycles. The van der Waals surface area contributed by atoms with Crippen LogP contribution in [-0.4, -0.2) is 21.7 Å². The summed E-state index contributed by atoms with van der Waals surface area (Å²) >= 11 is 0. The van der Waals surface area contributed by atoms with E-state index in [2.05, 4.69) is 34.3 Å². The van der Waals surface area contributed by atoms with Crippen LogP contribution in [0.1, 0.15) is 25.8 Å². The molecule has 0 saturated heterocycles. The summed E-state index contributed by atoms with van der Waals surface area (Å²) in [5, 5.41) is 10.0. The van der Waals surface area contributed by atoms with E-state index in [0.29, 0.717) is 23.9 Å². The Hall–Kier alpha value is -2.53. The number of aromatic amines is 1. The van der Waals surface area contributed by atoms with E-state index in [1.807, 2.05) is 36.4 Å². The summed E-state index contributed by atoms with van der Waals surface area (Å²) in [7, 11) is 0. The van der Waals surface area contributed by atoms with Crippen LogP contribution in [0.5, 0.6) is 0 Å². The lowest BCUT2D eigenvalue weighted by atomic mass is 10.0. The Kier molecular flexibility index (Phi) is 5.56. The topological polar surface area (TPSA) is 53.6 Å². The SMILES string of the molecule is CC(C)CCNCc1ccc(-c2ccc(-c3ncn[nH]3)cc2)c(F)c1. The third-order valence-electron chi connectivity index (χ3n) is 4.15. The van der Waals surface area contributed by atoms with Gasteiger partial charge in [-0.15, -0.1) is 0 Å². The molecule has 0 unspecified atom stereocenters. The van der Waals surface area contributed by atoms with Crippen molar-refractivity contribution in [2.75, 3.05) is 6.54 Å². The summed E-state index contributed by atoms with van der Waals surface area (Å²) in [6, 6.07) is 13.1. The number of rotatable bonds is 7. The van der Waals surface area contributed by atoms with Crippen LogP contribution in [0.2, 0.25) is 0 Å². The first-order chi connectivity index (χ1) is 12.1. The highest BCUT2D eigenvalue weighted by atomic mass is 19.1. The van der Waals surface area contributed by atoms with E-state index >= 15 is 0 Å². The second-order valence-electron chi connectivity index (χ2n) is 6.58. The number of halogens is 1. The van der Waals surface area contributed by atoms with E-state index in [0.717, 1.165) is 29.7 Å². The molecule has 0 fully saturated rings. The number of aromatic nitrogens is 3. The van der Waals surface area contributed by atoms with Gasteiger partial charge in [0.1, 0.15) is 12.1 Å². The highest BCUT2D eigenvalue weighted by Gasteiger charge is 2.08. The van der Waals surface area contributed by atoms with Gasteiger partial charge in [0, 0.05) is 17.7 Å². The van der Waals surface area contributed by atoms with Crippen LogP contribution >= 0.6 is 0 Å². The molecule has 0 aliphatic carbocycles. The van der Waals surface area contributed by atoms with Crippen molar-refractivity contribution < 1.29 is 4.39 Å². The molecule has 25 heavy (non-hydrogen) atoms. The van der Waals surface area contributed by atoms with Crippen molar-refractivity contribution in [2.45, 2.75) is 26.8 Å². The number of hydrogen-bond acceptors (Lipinski definition) is 3. The second kappa shape index (κ2) is 8.03. The van der Waals surface area contributed by atoms with Gasteiger partial charge in [0.15, 0.2) is 5.82 Å². The van der Waals surface area contributed by atoms with Crippen molar-refractivity contribution in [1.82, 2.24) is 20.5 Å². The van der Waals surface area contributed by atoms with E-state index in [9.17, 15) is 4.39 Å². The average molecular weight is 338 g/mol. The zero-order valence-corrected chi connectivity index (χ0v) is 14.6. The molecule has 0 spiro atoms.